The molecule has 114 valence electrons. The molecular weight excluding hydrogens is 266 g/mol. The second-order valence-electron chi connectivity index (χ2n) is 6.46. The summed E-state index contributed by atoms with van der Waals surface area (Å²) in [6.45, 7) is 2.14. The molecule has 3 atom stereocenters. The van der Waals surface area contributed by atoms with Crippen LogP contribution in [0.2, 0.25) is 0 Å². The number of nitro benzene ring substituents is 1. The highest BCUT2D eigenvalue weighted by Crippen LogP contribution is 2.33. The van der Waals surface area contributed by atoms with Crippen molar-refractivity contribution in [2.24, 2.45) is 0 Å². The van der Waals surface area contributed by atoms with Crippen molar-refractivity contribution in [3.05, 3.63) is 39.9 Å². The monoisotopic (exact) mass is 289 g/mol. The van der Waals surface area contributed by atoms with Crippen LogP contribution in [-0.4, -0.2) is 35.0 Å². The summed E-state index contributed by atoms with van der Waals surface area (Å²) in [7, 11) is 2.15. The number of nitrogens with zero attached hydrogens (tertiary/aromatic N) is 2. The van der Waals surface area contributed by atoms with Crippen molar-refractivity contribution in [3.63, 3.8) is 0 Å². The van der Waals surface area contributed by atoms with E-state index in [0.717, 1.165) is 5.56 Å². The first kappa shape index (κ1) is 14.5. The number of rotatable bonds is 4. The van der Waals surface area contributed by atoms with Crippen molar-refractivity contribution in [2.45, 2.75) is 56.8 Å². The van der Waals surface area contributed by atoms with Gasteiger partial charge in [0, 0.05) is 36.3 Å². The van der Waals surface area contributed by atoms with Gasteiger partial charge < -0.3 is 5.32 Å². The molecule has 2 fully saturated rings. The predicted molar refractivity (Wildman–Crippen MR) is 82.2 cm³/mol. The molecule has 0 amide bonds. The summed E-state index contributed by atoms with van der Waals surface area (Å²) in [5.74, 6) is 0. The number of fused-ring (bicyclic) bond motifs is 2. The molecule has 2 saturated heterocycles. The van der Waals surface area contributed by atoms with E-state index in [1.165, 1.54) is 25.7 Å². The maximum absolute atomic E-state index is 10.9. The number of hydrogen-bond donors (Lipinski definition) is 1. The molecule has 0 radical (unpaired) electrons. The minimum Gasteiger partial charge on any atom is -0.311 e. The first-order valence-corrected chi connectivity index (χ1v) is 7.77. The van der Waals surface area contributed by atoms with Crippen LogP contribution >= 0.6 is 0 Å². The van der Waals surface area contributed by atoms with Gasteiger partial charge in [-0.25, -0.2) is 0 Å². The normalized spacial score (nSPS) is 29.6. The first-order valence-electron chi connectivity index (χ1n) is 7.77. The van der Waals surface area contributed by atoms with E-state index in [9.17, 15) is 10.1 Å². The Hall–Kier alpha value is -1.46. The lowest BCUT2D eigenvalue weighted by molar-refractivity contribution is -0.385. The smallest absolute Gasteiger partial charge is 0.269 e. The fourth-order valence-electron chi connectivity index (χ4n) is 3.81. The van der Waals surface area contributed by atoms with E-state index in [1.54, 1.807) is 18.2 Å². The van der Waals surface area contributed by atoms with E-state index in [1.807, 2.05) is 6.07 Å². The highest BCUT2D eigenvalue weighted by atomic mass is 16.6. The van der Waals surface area contributed by atoms with E-state index in [2.05, 4.69) is 24.2 Å². The van der Waals surface area contributed by atoms with Gasteiger partial charge in [-0.15, -0.1) is 0 Å². The van der Waals surface area contributed by atoms with E-state index in [4.69, 9.17) is 0 Å². The van der Waals surface area contributed by atoms with Crippen LogP contribution in [0, 0.1) is 10.1 Å². The summed E-state index contributed by atoms with van der Waals surface area (Å²) in [4.78, 5) is 13.0. The second kappa shape index (κ2) is 5.73. The molecule has 0 aliphatic carbocycles. The molecule has 5 heteroatoms. The Kier molecular flexibility index (Phi) is 3.95. The first-order chi connectivity index (χ1) is 10.0. The number of piperidine rings is 1. The summed E-state index contributed by atoms with van der Waals surface area (Å²) in [6, 6.07) is 9.12. The quantitative estimate of drug-likeness (QED) is 0.684. The number of nitrogens with one attached hydrogen (secondary N) is 1. The molecule has 21 heavy (non-hydrogen) atoms. The van der Waals surface area contributed by atoms with Gasteiger partial charge in [-0.1, -0.05) is 12.1 Å². The topological polar surface area (TPSA) is 58.4 Å². The Balaban J connectivity index is 1.73. The maximum Gasteiger partial charge on any atom is 0.269 e. The van der Waals surface area contributed by atoms with Crippen LogP contribution in [0.1, 0.15) is 44.2 Å². The summed E-state index contributed by atoms with van der Waals surface area (Å²) in [5, 5.41) is 14.6. The van der Waals surface area contributed by atoms with Gasteiger partial charge in [0.25, 0.3) is 5.69 Å². The van der Waals surface area contributed by atoms with Crippen molar-refractivity contribution in [1.29, 1.82) is 0 Å². The zero-order chi connectivity index (χ0) is 15.0. The minimum atomic E-state index is -0.318. The van der Waals surface area contributed by atoms with Crippen molar-refractivity contribution < 1.29 is 4.92 Å². The Morgan fingerprint density at radius 1 is 1.33 bits per heavy atom. The standard InChI is InChI=1S/C16H23N3O2/c1-11(12-4-3-5-15(8-12)19(20)21)18(2)16-9-13-6-7-14(10-16)17-13/h3-5,8,11,13-14,16-17H,6-7,9-10H2,1-2H3. The largest absolute Gasteiger partial charge is 0.311 e. The Bertz CT molecular complexity index is 522. The molecule has 3 unspecified atom stereocenters. The molecular formula is C16H23N3O2. The minimum absolute atomic E-state index is 0.179. The molecule has 2 aliphatic heterocycles. The van der Waals surface area contributed by atoms with Crippen LogP contribution in [0.4, 0.5) is 5.69 Å². The Morgan fingerprint density at radius 3 is 2.62 bits per heavy atom. The van der Waals surface area contributed by atoms with E-state index < -0.39 is 0 Å². The fourth-order valence-corrected chi connectivity index (χ4v) is 3.81. The second-order valence-corrected chi connectivity index (χ2v) is 6.46. The lowest BCUT2D eigenvalue weighted by Crippen LogP contribution is -2.47. The van der Waals surface area contributed by atoms with Crippen LogP contribution in [0.25, 0.3) is 0 Å². The highest BCUT2D eigenvalue weighted by Gasteiger charge is 2.36. The molecule has 1 N–H and O–H groups in total. The van der Waals surface area contributed by atoms with Gasteiger partial charge >= 0.3 is 0 Å². The van der Waals surface area contributed by atoms with Crippen molar-refractivity contribution in [2.75, 3.05) is 7.05 Å². The third-order valence-corrected chi connectivity index (χ3v) is 5.20. The lowest BCUT2D eigenvalue weighted by atomic mass is 9.95. The lowest BCUT2D eigenvalue weighted by Gasteiger charge is -2.39. The molecule has 0 aromatic heterocycles. The zero-order valence-corrected chi connectivity index (χ0v) is 12.7. The van der Waals surface area contributed by atoms with E-state index >= 15 is 0 Å². The molecule has 5 nitrogen and oxygen atoms in total. The molecule has 2 heterocycles. The van der Waals surface area contributed by atoms with Gasteiger partial charge in [0.2, 0.25) is 0 Å². The molecule has 1 aromatic rings. The summed E-state index contributed by atoms with van der Waals surface area (Å²) in [6.07, 6.45) is 4.96. The highest BCUT2D eigenvalue weighted by molar-refractivity contribution is 5.35. The fraction of sp³-hybridized carbons (Fsp3) is 0.625. The average Bonchev–Trinajstić information content (AvgIpc) is 2.84. The van der Waals surface area contributed by atoms with Crippen LogP contribution in [-0.2, 0) is 0 Å². The van der Waals surface area contributed by atoms with Gasteiger partial charge in [0.1, 0.15) is 0 Å². The third-order valence-electron chi connectivity index (χ3n) is 5.20. The van der Waals surface area contributed by atoms with E-state index in [0.29, 0.717) is 18.1 Å². The van der Waals surface area contributed by atoms with Crippen LogP contribution in [0.5, 0.6) is 0 Å². The molecule has 2 aliphatic rings. The molecule has 3 rings (SSSR count). The van der Waals surface area contributed by atoms with Crippen LogP contribution < -0.4 is 5.32 Å². The zero-order valence-electron chi connectivity index (χ0n) is 12.7. The van der Waals surface area contributed by atoms with Crippen molar-refractivity contribution in [1.82, 2.24) is 10.2 Å². The van der Waals surface area contributed by atoms with Crippen LogP contribution in [0.3, 0.4) is 0 Å². The number of hydrogen-bond acceptors (Lipinski definition) is 4. The van der Waals surface area contributed by atoms with Crippen molar-refractivity contribution in [3.8, 4) is 0 Å². The van der Waals surface area contributed by atoms with Gasteiger partial charge in [-0.3, -0.25) is 15.0 Å². The number of nitro groups is 1. The Morgan fingerprint density at radius 2 is 2.00 bits per heavy atom. The molecule has 1 aromatic carbocycles. The molecule has 0 saturated carbocycles. The average molecular weight is 289 g/mol. The third kappa shape index (κ3) is 2.94. The van der Waals surface area contributed by atoms with Gasteiger partial charge in [-0.2, -0.15) is 0 Å². The number of non-ortho nitro benzene ring substituents is 1. The van der Waals surface area contributed by atoms with E-state index in [-0.39, 0.29) is 16.7 Å². The van der Waals surface area contributed by atoms with Crippen LogP contribution in [0.15, 0.2) is 24.3 Å². The summed E-state index contributed by atoms with van der Waals surface area (Å²) < 4.78 is 0. The number of benzene rings is 1. The summed E-state index contributed by atoms with van der Waals surface area (Å²) >= 11 is 0. The predicted octanol–water partition coefficient (Wildman–Crippen LogP) is 2.87. The van der Waals surface area contributed by atoms with Gasteiger partial charge in [-0.05, 0) is 45.2 Å². The molecule has 2 bridgehead atoms. The van der Waals surface area contributed by atoms with Gasteiger partial charge in [0.15, 0.2) is 0 Å². The maximum atomic E-state index is 10.9. The van der Waals surface area contributed by atoms with Gasteiger partial charge in [0.05, 0.1) is 4.92 Å². The molecule has 0 spiro atoms. The Labute approximate surface area is 125 Å². The van der Waals surface area contributed by atoms with Crippen molar-refractivity contribution >= 4 is 5.69 Å². The SMILES string of the molecule is CC(c1cccc([N+](=O)[O-])c1)N(C)C1CC2CCC(C1)N2. The summed E-state index contributed by atoms with van der Waals surface area (Å²) in [5.41, 5.74) is 1.20.